The van der Waals surface area contributed by atoms with Gasteiger partial charge in [0, 0.05) is 17.3 Å². The summed E-state index contributed by atoms with van der Waals surface area (Å²) in [4.78, 5) is 24.1. The van der Waals surface area contributed by atoms with Gasteiger partial charge < -0.3 is 14.5 Å². The first-order valence-corrected chi connectivity index (χ1v) is 9.06. The summed E-state index contributed by atoms with van der Waals surface area (Å²) in [7, 11) is 0. The van der Waals surface area contributed by atoms with E-state index in [9.17, 15) is 19.2 Å². The third-order valence-corrected chi connectivity index (χ3v) is 4.06. The summed E-state index contributed by atoms with van der Waals surface area (Å²) in [5.74, 6) is -0.653. The molecule has 0 aliphatic rings. The first kappa shape index (κ1) is 20.6. The maximum Gasteiger partial charge on any atom is 0.338 e. The Morgan fingerprint density at radius 3 is 2.43 bits per heavy atom. The monoisotopic (exact) mass is 404 g/mol. The third-order valence-electron chi connectivity index (χ3n) is 4.06. The van der Waals surface area contributed by atoms with Crippen LogP contribution in [0.4, 0.5) is 10.1 Å². The molecule has 1 N–H and O–H groups in total. The number of esters is 1. The van der Waals surface area contributed by atoms with Crippen LogP contribution < -0.4 is 5.32 Å². The second kappa shape index (κ2) is 9.34. The number of halogens is 1. The average molecular weight is 404 g/mol. The molecule has 0 saturated carbocycles. The Balaban J connectivity index is 1.72. The molecule has 7 heteroatoms. The van der Waals surface area contributed by atoms with Crippen molar-refractivity contribution >= 4 is 23.6 Å². The molecule has 1 amide bonds. The van der Waals surface area contributed by atoms with Gasteiger partial charge in [-0.15, -0.1) is 0 Å². The summed E-state index contributed by atoms with van der Waals surface area (Å²) in [5.41, 5.74) is 1.28. The van der Waals surface area contributed by atoms with Gasteiger partial charge in [0.05, 0.1) is 12.2 Å². The van der Waals surface area contributed by atoms with Gasteiger partial charge in [-0.2, -0.15) is 5.26 Å². The molecule has 30 heavy (non-hydrogen) atoms. The van der Waals surface area contributed by atoms with Crippen molar-refractivity contribution in [2.75, 3.05) is 11.9 Å². The smallest absolute Gasteiger partial charge is 0.338 e. The maximum absolute atomic E-state index is 13.0. The fourth-order valence-electron chi connectivity index (χ4n) is 2.59. The minimum Gasteiger partial charge on any atom is -0.462 e. The van der Waals surface area contributed by atoms with Crippen LogP contribution in [0.25, 0.3) is 17.4 Å². The van der Waals surface area contributed by atoms with E-state index in [0.717, 1.165) is 0 Å². The van der Waals surface area contributed by atoms with E-state index in [0.29, 0.717) is 28.3 Å². The lowest BCUT2D eigenvalue weighted by molar-refractivity contribution is -0.112. The number of anilines is 1. The van der Waals surface area contributed by atoms with Crippen LogP contribution in [0.1, 0.15) is 23.0 Å². The molecule has 0 spiro atoms. The molecule has 0 unspecified atom stereocenters. The molecule has 6 nitrogen and oxygen atoms in total. The summed E-state index contributed by atoms with van der Waals surface area (Å²) in [5, 5.41) is 11.9. The van der Waals surface area contributed by atoms with E-state index in [-0.39, 0.29) is 18.0 Å². The van der Waals surface area contributed by atoms with Gasteiger partial charge in [-0.05, 0) is 67.6 Å². The third kappa shape index (κ3) is 5.00. The second-order valence-corrected chi connectivity index (χ2v) is 6.13. The Bertz CT molecular complexity index is 1120. The van der Waals surface area contributed by atoms with E-state index < -0.39 is 11.9 Å². The highest BCUT2D eigenvalue weighted by Crippen LogP contribution is 2.24. The van der Waals surface area contributed by atoms with Crippen LogP contribution >= 0.6 is 0 Å². The predicted octanol–water partition coefficient (Wildman–Crippen LogP) is 4.81. The number of nitrogens with one attached hydrogen (secondary N) is 1. The summed E-state index contributed by atoms with van der Waals surface area (Å²) in [6.45, 7) is 1.98. The average Bonchev–Trinajstić information content (AvgIpc) is 3.21. The number of amides is 1. The molecule has 3 aromatic rings. The highest BCUT2D eigenvalue weighted by atomic mass is 19.1. The van der Waals surface area contributed by atoms with Gasteiger partial charge in [-0.3, -0.25) is 4.79 Å². The number of rotatable bonds is 6. The number of hydrogen-bond donors (Lipinski definition) is 1. The van der Waals surface area contributed by atoms with Crippen molar-refractivity contribution in [3.8, 4) is 17.4 Å². The van der Waals surface area contributed by atoms with Gasteiger partial charge in [0.15, 0.2) is 0 Å². The molecule has 0 aliphatic heterocycles. The molecular weight excluding hydrogens is 387 g/mol. The number of benzene rings is 2. The fourth-order valence-corrected chi connectivity index (χ4v) is 2.59. The van der Waals surface area contributed by atoms with Crippen molar-refractivity contribution in [1.29, 1.82) is 5.26 Å². The summed E-state index contributed by atoms with van der Waals surface area (Å²) < 4.78 is 23.6. The van der Waals surface area contributed by atoms with Gasteiger partial charge in [0.2, 0.25) is 0 Å². The predicted molar refractivity (Wildman–Crippen MR) is 109 cm³/mol. The lowest BCUT2D eigenvalue weighted by atomic mass is 10.2. The summed E-state index contributed by atoms with van der Waals surface area (Å²) in [6.07, 6.45) is 1.31. The van der Waals surface area contributed by atoms with Crippen LogP contribution in [-0.2, 0) is 9.53 Å². The highest BCUT2D eigenvalue weighted by Gasteiger charge is 2.12. The number of furan rings is 1. The van der Waals surface area contributed by atoms with E-state index in [4.69, 9.17) is 9.15 Å². The zero-order valence-corrected chi connectivity index (χ0v) is 16.0. The zero-order valence-electron chi connectivity index (χ0n) is 16.0. The fraction of sp³-hybridized carbons (Fsp3) is 0.0870. The molecule has 150 valence electrons. The minimum absolute atomic E-state index is 0.163. The van der Waals surface area contributed by atoms with Crippen LogP contribution in [0.5, 0.6) is 0 Å². The van der Waals surface area contributed by atoms with Crippen LogP contribution in [0.15, 0.2) is 70.7 Å². The molecule has 1 heterocycles. The minimum atomic E-state index is -0.624. The van der Waals surface area contributed by atoms with Crippen LogP contribution in [0.3, 0.4) is 0 Å². The van der Waals surface area contributed by atoms with Crippen LogP contribution in [-0.4, -0.2) is 18.5 Å². The standard InChI is InChI=1S/C23H17FN2O4/c1-2-29-23(28)16-5-9-19(10-6-16)26-22(27)17(14-25)13-20-11-12-21(30-20)15-3-7-18(24)8-4-15/h3-13H,2H2,1H3,(H,26,27)/b17-13+. The Labute approximate surface area is 172 Å². The van der Waals surface area contributed by atoms with E-state index in [1.54, 1.807) is 43.3 Å². The maximum atomic E-state index is 13.0. The van der Waals surface area contributed by atoms with Gasteiger partial charge in [0.25, 0.3) is 5.91 Å². The van der Waals surface area contributed by atoms with Crippen LogP contribution in [0.2, 0.25) is 0 Å². The number of hydrogen-bond acceptors (Lipinski definition) is 5. The molecule has 3 rings (SSSR count). The molecule has 0 saturated heterocycles. The van der Waals surface area contributed by atoms with Gasteiger partial charge in [-0.25, -0.2) is 9.18 Å². The van der Waals surface area contributed by atoms with Crippen molar-refractivity contribution in [3.63, 3.8) is 0 Å². The molecular formula is C23H17FN2O4. The van der Waals surface area contributed by atoms with Gasteiger partial charge in [-0.1, -0.05) is 0 Å². The molecule has 1 aromatic heterocycles. The lowest BCUT2D eigenvalue weighted by Crippen LogP contribution is -2.13. The molecule has 0 aliphatic carbocycles. The first-order chi connectivity index (χ1) is 14.5. The summed E-state index contributed by atoms with van der Waals surface area (Å²) in [6, 6.07) is 17.0. The Hall–Kier alpha value is -4.18. The Morgan fingerprint density at radius 2 is 1.80 bits per heavy atom. The summed E-state index contributed by atoms with van der Waals surface area (Å²) >= 11 is 0. The van der Waals surface area contributed by atoms with E-state index >= 15 is 0 Å². The van der Waals surface area contributed by atoms with Crippen molar-refractivity contribution < 1.29 is 23.1 Å². The number of ether oxygens (including phenoxy) is 1. The van der Waals surface area contributed by atoms with E-state index in [1.165, 1.54) is 30.3 Å². The van der Waals surface area contributed by atoms with Crippen molar-refractivity contribution in [2.24, 2.45) is 0 Å². The number of nitriles is 1. The van der Waals surface area contributed by atoms with Crippen molar-refractivity contribution in [2.45, 2.75) is 6.92 Å². The number of nitrogens with zero attached hydrogens (tertiary/aromatic N) is 1. The largest absolute Gasteiger partial charge is 0.462 e. The topological polar surface area (TPSA) is 92.3 Å². The molecule has 0 radical (unpaired) electrons. The Kier molecular flexibility index (Phi) is 6.40. The number of carbonyl (C=O) groups is 2. The molecule has 0 bridgehead atoms. The van der Waals surface area contributed by atoms with E-state index in [1.807, 2.05) is 6.07 Å². The Morgan fingerprint density at radius 1 is 1.10 bits per heavy atom. The first-order valence-electron chi connectivity index (χ1n) is 9.06. The zero-order chi connectivity index (χ0) is 21.5. The van der Waals surface area contributed by atoms with Crippen molar-refractivity contribution in [3.05, 3.63) is 83.4 Å². The van der Waals surface area contributed by atoms with E-state index in [2.05, 4.69) is 5.32 Å². The highest BCUT2D eigenvalue weighted by molar-refractivity contribution is 6.09. The SMILES string of the molecule is CCOC(=O)c1ccc(NC(=O)/C(C#N)=C/c2ccc(-c3ccc(F)cc3)o2)cc1. The van der Waals surface area contributed by atoms with Gasteiger partial charge in [0.1, 0.15) is 29.0 Å². The normalized spacial score (nSPS) is 10.9. The molecule has 2 aromatic carbocycles. The van der Waals surface area contributed by atoms with Crippen molar-refractivity contribution in [1.82, 2.24) is 0 Å². The quantitative estimate of drug-likeness (QED) is 0.362. The molecule has 0 atom stereocenters. The number of carbonyl (C=O) groups excluding carboxylic acids is 2. The lowest BCUT2D eigenvalue weighted by Gasteiger charge is -2.06. The second-order valence-electron chi connectivity index (χ2n) is 6.13. The van der Waals surface area contributed by atoms with Gasteiger partial charge >= 0.3 is 5.97 Å². The van der Waals surface area contributed by atoms with Crippen LogP contribution in [0, 0.1) is 17.1 Å². The molecule has 0 fully saturated rings.